The molecule has 0 bridgehead atoms. The molecule has 0 heterocycles. The highest BCUT2D eigenvalue weighted by molar-refractivity contribution is 5.65. The Hall–Kier alpha value is -2.64. The highest BCUT2D eigenvalue weighted by Gasteiger charge is 2.06. The summed E-state index contributed by atoms with van der Waals surface area (Å²) in [4.78, 5) is 40.5. The van der Waals surface area contributed by atoms with E-state index in [-0.39, 0.29) is 17.9 Å². The van der Waals surface area contributed by atoms with Crippen molar-refractivity contribution in [2.75, 3.05) is 0 Å². The molecule has 0 aliphatic carbocycles. The van der Waals surface area contributed by atoms with Crippen LogP contribution in [-0.2, 0) is 20.9 Å². The van der Waals surface area contributed by atoms with Crippen molar-refractivity contribution < 1.29 is 14.4 Å². The topological polar surface area (TPSA) is 88.3 Å². The third-order valence-electron chi connectivity index (χ3n) is 1.76. The Bertz CT molecular complexity index is 498. The maximum Gasteiger partial charge on any atom is 0.240 e. The number of rotatable bonds is 4. The van der Waals surface area contributed by atoms with Crippen LogP contribution in [0, 0.1) is 0 Å². The second kappa shape index (κ2) is 5.96. The van der Waals surface area contributed by atoms with Crippen LogP contribution in [0.2, 0.25) is 0 Å². The van der Waals surface area contributed by atoms with Gasteiger partial charge >= 0.3 is 0 Å². The van der Waals surface area contributed by atoms with E-state index in [1.54, 1.807) is 6.07 Å². The monoisotopic (exact) mass is 215 g/mol. The minimum atomic E-state index is -0.0641. The van der Waals surface area contributed by atoms with Crippen molar-refractivity contribution in [3.05, 3.63) is 23.8 Å². The van der Waals surface area contributed by atoms with Crippen LogP contribution in [0.5, 0.6) is 0 Å². The molecule has 1 aromatic rings. The molecule has 6 heteroatoms. The maximum absolute atomic E-state index is 10.2. The van der Waals surface area contributed by atoms with Crippen molar-refractivity contribution >= 4 is 29.6 Å². The molecule has 6 nitrogen and oxygen atoms in total. The van der Waals surface area contributed by atoms with E-state index in [4.69, 9.17) is 0 Å². The summed E-state index contributed by atoms with van der Waals surface area (Å²) >= 11 is 0. The first kappa shape index (κ1) is 11.4. The molecule has 0 atom stereocenters. The molecule has 78 valence electrons. The number of hydrogen-bond acceptors (Lipinski definition) is 6. The van der Waals surface area contributed by atoms with Crippen LogP contribution < -0.4 is 0 Å². The molecule has 0 fully saturated rings. The molecule has 0 spiro atoms. The summed E-state index contributed by atoms with van der Waals surface area (Å²) in [5.74, 6) is 0. The van der Waals surface area contributed by atoms with Gasteiger partial charge in [0.05, 0.1) is 17.9 Å². The minimum Gasteiger partial charge on any atom is -0.211 e. The zero-order chi connectivity index (χ0) is 11.8. The maximum atomic E-state index is 10.2. The Morgan fingerprint density at radius 3 is 1.94 bits per heavy atom. The molecule has 1 rings (SSSR count). The highest BCUT2D eigenvalue weighted by Crippen LogP contribution is 2.29. The molecule has 0 aliphatic heterocycles. The average molecular weight is 215 g/mol. The number of benzene rings is 1. The van der Waals surface area contributed by atoms with E-state index in [2.05, 4.69) is 15.0 Å². The largest absolute Gasteiger partial charge is 0.240 e. The van der Waals surface area contributed by atoms with E-state index in [1.807, 2.05) is 0 Å². The van der Waals surface area contributed by atoms with Crippen molar-refractivity contribution in [2.45, 2.75) is 6.54 Å². The Kier molecular flexibility index (Phi) is 4.26. The van der Waals surface area contributed by atoms with Gasteiger partial charge < -0.3 is 0 Å². The smallest absolute Gasteiger partial charge is 0.211 e. The van der Waals surface area contributed by atoms with E-state index in [9.17, 15) is 14.4 Å². The first-order valence-corrected chi connectivity index (χ1v) is 4.14. The Morgan fingerprint density at radius 2 is 1.50 bits per heavy atom. The van der Waals surface area contributed by atoms with Crippen LogP contribution in [-0.4, -0.2) is 18.2 Å². The normalized spacial score (nSPS) is 8.25. The van der Waals surface area contributed by atoms with Gasteiger partial charge in [0.15, 0.2) is 0 Å². The highest BCUT2D eigenvalue weighted by atomic mass is 16.1. The Morgan fingerprint density at radius 1 is 0.938 bits per heavy atom. The minimum absolute atomic E-state index is 0.0641. The molecule has 0 aromatic heterocycles. The summed E-state index contributed by atoms with van der Waals surface area (Å²) in [7, 11) is 0. The molecule has 0 saturated carbocycles. The summed E-state index contributed by atoms with van der Waals surface area (Å²) in [5, 5.41) is 0. The van der Waals surface area contributed by atoms with Gasteiger partial charge in [-0.1, -0.05) is 6.07 Å². The van der Waals surface area contributed by atoms with Gasteiger partial charge in [-0.3, -0.25) is 0 Å². The van der Waals surface area contributed by atoms with Crippen molar-refractivity contribution in [3.8, 4) is 0 Å². The molecular formula is C10H5N3O3. The molecule has 16 heavy (non-hydrogen) atoms. The molecular weight excluding hydrogens is 210 g/mol. The molecule has 0 N–H and O–H groups in total. The van der Waals surface area contributed by atoms with Crippen LogP contribution in [0.25, 0.3) is 0 Å². The zero-order valence-electron chi connectivity index (χ0n) is 8.01. The molecule has 0 radical (unpaired) electrons. The second-order valence-corrected chi connectivity index (χ2v) is 2.59. The van der Waals surface area contributed by atoms with Crippen LogP contribution >= 0.6 is 0 Å². The summed E-state index contributed by atoms with van der Waals surface area (Å²) in [6.07, 6.45) is 4.08. The molecule has 0 unspecified atom stereocenters. The van der Waals surface area contributed by atoms with Crippen molar-refractivity contribution in [3.63, 3.8) is 0 Å². The second-order valence-electron chi connectivity index (χ2n) is 2.59. The lowest BCUT2D eigenvalue weighted by Gasteiger charge is -2.02. The first-order valence-electron chi connectivity index (χ1n) is 4.14. The van der Waals surface area contributed by atoms with Gasteiger partial charge in [-0.25, -0.2) is 19.4 Å². The van der Waals surface area contributed by atoms with Gasteiger partial charge in [-0.2, -0.15) is 9.98 Å². The van der Waals surface area contributed by atoms with Crippen molar-refractivity contribution in [1.82, 2.24) is 0 Å². The summed E-state index contributed by atoms with van der Waals surface area (Å²) in [6, 6.07) is 4.59. The van der Waals surface area contributed by atoms with Gasteiger partial charge in [-0.05, 0) is 12.1 Å². The lowest BCUT2D eigenvalue weighted by Crippen LogP contribution is -1.84. The zero-order valence-corrected chi connectivity index (χ0v) is 8.01. The third-order valence-corrected chi connectivity index (χ3v) is 1.76. The summed E-state index contributed by atoms with van der Waals surface area (Å²) in [6.45, 7) is -0.0641. The summed E-state index contributed by atoms with van der Waals surface area (Å²) in [5.41, 5.74) is 0.883. The number of aliphatic imine (C=N–C) groups is 3. The lowest BCUT2D eigenvalue weighted by molar-refractivity contribution is 0.563. The quantitative estimate of drug-likeness (QED) is 0.562. The fourth-order valence-corrected chi connectivity index (χ4v) is 1.14. The van der Waals surface area contributed by atoms with E-state index in [0.717, 1.165) is 0 Å². The number of isocyanates is 3. The van der Waals surface area contributed by atoms with Gasteiger partial charge in [0.2, 0.25) is 18.2 Å². The van der Waals surface area contributed by atoms with Crippen LogP contribution in [0.1, 0.15) is 5.56 Å². The average Bonchev–Trinajstić information content (AvgIpc) is 2.29. The van der Waals surface area contributed by atoms with Crippen molar-refractivity contribution in [2.24, 2.45) is 15.0 Å². The lowest BCUT2D eigenvalue weighted by atomic mass is 10.1. The standard InChI is InChI=1S/C10H5N3O3/c14-5-11-4-8-9(12-6-15)2-1-3-10(8)13-7-16/h1-3H,4H2. The van der Waals surface area contributed by atoms with Crippen molar-refractivity contribution in [1.29, 1.82) is 0 Å². The fraction of sp³-hybridized carbons (Fsp3) is 0.100. The van der Waals surface area contributed by atoms with Crippen LogP contribution in [0.4, 0.5) is 11.4 Å². The number of carbonyl (C=O) groups excluding carboxylic acids is 3. The SMILES string of the molecule is O=C=NCc1c(N=C=O)cccc1N=C=O. The van der Waals surface area contributed by atoms with E-state index < -0.39 is 0 Å². The van der Waals surface area contributed by atoms with Crippen LogP contribution in [0.3, 0.4) is 0 Å². The Labute approximate surface area is 90.1 Å². The predicted molar refractivity (Wildman–Crippen MR) is 53.8 cm³/mol. The number of hydrogen-bond donors (Lipinski definition) is 0. The fourth-order valence-electron chi connectivity index (χ4n) is 1.14. The van der Waals surface area contributed by atoms with E-state index >= 15 is 0 Å². The number of nitrogens with zero attached hydrogens (tertiary/aromatic N) is 3. The van der Waals surface area contributed by atoms with Gasteiger partial charge in [0, 0.05) is 5.56 Å². The van der Waals surface area contributed by atoms with E-state index in [1.165, 1.54) is 30.4 Å². The third kappa shape index (κ3) is 2.67. The molecule has 1 aromatic carbocycles. The summed E-state index contributed by atoms with van der Waals surface area (Å²) < 4.78 is 0. The van der Waals surface area contributed by atoms with Gasteiger partial charge in [0.1, 0.15) is 0 Å². The first-order chi connectivity index (χ1) is 7.83. The predicted octanol–water partition coefficient (Wildman–Crippen LogP) is 1.46. The van der Waals surface area contributed by atoms with Crippen LogP contribution in [0.15, 0.2) is 33.2 Å². The van der Waals surface area contributed by atoms with Gasteiger partial charge in [0.25, 0.3) is 0 Å². The molecule has 0 amide bonds. The van der Waals surface area contributed by atoms with E-state index in [0.29, 0.717) is 5.56 Å². The Balaban J connectivity index is 3.38. The van der Waals surface area contributed by atoms with Gasteiger partial charge in [-0.15, -0.1) is 0 Å². The molecule has 0 saturated heterocycles. The molecule has 0 aliphatic rings.